The maximum Gasteiger partial charge on any atom is 0.129 e. The lowest BCUT2D eigenvalue weighted by molar-refractivity contribution is 0.127. The third-order valence-electron chi connectivity index (χ3n) is 5.36. The maximum absolute atomic E-state index is 6.31. The number of aryl methyl sites for hydroxylation is 1. The number of rotatable bonds is 9. The molecule has 5 nitrogen and oxygen atoms in total. The van der Waals surface area contributed by atoms with Crippen molar-refractivity contribution in [2.24, 2.45) is 5.16 Å². The van der Waals surface area contributed by atoms with Gasteiger partial charge in [-0.05, 0) is 61.8 Å². The summed E-state index contributed by atoms with van der Waals surface area (Å²) in [5, 5.41) is 4.51. The van der Waals surface area contributed by atoms with Crippen LogP contribution in [0.2, 0.25) is 0 Å². The van der Waals surface area contributed by atoms with E-state index >= 15 is 0 Å². The van der Waals surface area contributed by atoms with Gasteiger partial charge in [0.15, 0.2) is 0 Å². The summed E-state index contributed by atoms with van der Waals surface area (Å²) in [6, 6.07) is 14.3. The first-order valence-electron chi connectivity index (χ1n) is 10.5. The monoisotopic (exact) mass is 396 g/mol. The summed E-state index contributed by atoms with van der Waals surface area (Å²) in [4.78, 5) is 8.10. The molecular formula is C24H32N2O3. The molecule has 0 saturated carbocycles. The van der Waals surface area contributed by atoms with Gasteiger partial charge in [-0.2, -0.15) is 0 Å². The molecule has 0 saturated heterocycles. The van der Waals surface area contributed by atoms with E-state index in [1.165, 1.54) is 5.56 Å². The maximum atomic E-state index is 6.31. The molecule has 156 valence electrons. The highest BCUT2D eigenvalue weighted by Gasteiger charge is 2.27. The van der Waals surface area contributed by atoms with Gasteiger partial charge in [-0.3, -0.25) is 0 Å². The van der Waals surface area contributed by atoms with Crippen LogP contribution in [0.25, 0.3) is 0 Å². The molecule has 2 aromatic carbocycles. The van der Waals surface area contributed by atoms with Crippen molar-refractivity contribution in [1.29, 1.82) is 0 Å². The number of ether oxygens (including phenoxy) is 2. The Morgan fingerprint density at radius 2 is 1.86 bits per heavy atom. The van der Waals surface area contributed by atoms with Crippen LogP contribution < -0.4 is 9.47 Å². The quantitative estimate of drug-likeness (QED) is 0.443. The zero-order valence-electron chi connectivity index (χ0n) is 18.0. The Morgan fingerprint density at radius 1 is 1.10 bits per heavy atom. The molecule has 0 fully saturated rings. The fraction of sp³-hybridized carbons (Fsp3) is 0.458. The highest BCUT2D eigenvalue weighted by Crippen LogP contribution is 2.36. The van der Waals surface area contributed by atoms with E-state index < -0.39 is 0 Å². The van der Waals surface area contributed by atoms with Crippen molar-refractivity contribution in [1.82, 2.24) is 4.90 Å². The van der Waals surface area contributed by atoms with E-state index in [1.54, 1.807) is 7.11 Å². The SMILES string of the molecule is CCN(CC)CCCO/N=C1\CC(c2ccc(OC)cc2)Oc2cc(C)ccc21. The average Bonchev–Trinajstić information content (AvgIpc) is 2.75. The van der Waals surface area contributed by atoms with Gasteiger partial charge in [-0.15, -0.1) is 0 Å². The van der Waals surface area contributed by atoms with E-state index in [0.29, 0.717) is 13.0 Å². The normalized spacial score (nSPS) is 17.1. The molecule has 0 aromatic heterocycles. The van der Waals surface area contributed by atoms with Crippen LogP contribution >= 0.6 is 0 Å². The molecule has 0 spiro atoms. The Balaban J connectivity index is 1.72. The van der Waals surface area contributed by atoms with Crippen LogP contribution in [0.1, 0.15) is 49.5 Å². The molecule has 1 atom stereocenters. The minimum atomic E-state index is -0.0896. The van der Waals surface area contributed by atoms with Crippen molar-refractivity contribution in [2.45, 2.75) is 39.7 Å². The Labute approximate surface area is 174 Å². The molecule has 1 aliphatic heterocycles. The number of methoxy groups -OCH3 is 1. The first-order chi connectivity index (χ1) is 14.1. The summed E-state index contributed by atoms with van der Waals surface area (Å²) in [5.74, 6) is 1.70. The van der Waals surface area contributed by atoms with Gasteiger partial charge in [-0.1, -0.05) is 37.2 Å². The second kappa shape index (κ2) is 10.3. The van der Waals surface area contributed by atoms with E-state index in [-0.39, 0.29) is 6.10 Å². The lowest BCUT2D eigenvalue weighted by Crippen LogP contribution is -2.25. The average molecular weight is 397 g/mol. The van der Waals surface area contributed by atoms with Gasteiger partial charge < -0.3 is 19.2 Å². The largest absolute Gasteiger partial charge is 0.497 e. The summed E-state index contributed by atoms with van der Waals surface area (Å²) in [5.41, 5.74) is 4.23. The molecule has 29 heavy (non-hydrogen) atoms. The van der Waals surface area contributed by atoms with Crippen LogP contribution in [-0.4, -0.2) is 44.0 Å². The van der Waals surface area contributed by atoms with Crippen LogP contribution in [0.15, 0.2) is 47.6 Å². The molecule has 1 unspecified atom stereocenters. The summed E-state index contributed by atoms with van der Waals surface area (Å²) in [6.07, 6.45) is 1.56. The third-order valence-corrected chi connectivity index (χ3v) is 5.36. The molecule has 2 aromatic rings. The first-order valence-corrected chi connectivity index (χ1v) is 10.5. The smallest absolute Gasteiger partial charge is 0.129 e. The fourth-order valence-corrected chi connectivity index (χ4v) is 3.55. The van der Waals surface area contributed by atoms with Crippen molar-refractivity contribution < 1.29 is 14.3 Å². The standard InChI is InChI=1S/C24H32N2O3/c1-5-26(6-2)14-7-15-28-25-22-17-23(19-9-11-20(27-4)12-10-19)29-24-16-18(3)8-13-21(22)24/h8-13,16,23H,5-7,14-15,17H2,1-4H3/b25-22+. The van der Waals surface area contributed by atoms with Crippen molar-refractivity contribution >= 4 is 5.71 Å². The second-order valence-corrected chi connectivity index (χ2v) is 7.34. The Morgan fingerprint density at radius 3 is 2.55 bits per heavy atom. The van der Waals surface area contributed by atoms with Crippen molar-refractivity contribution in [2.75, 3.05) is 33.4 Å². The zero-order chi connectivity index (χ0) is 20.6. The Hall–Kier alpha value is -2.53. The number of hydrogen-bond donors (Lipinski definition) is 0. The van der Waals surface area contributed by atoms with Crippen molar-refractivity contribution in [3.05, 3.63) is 59.2 Å². The van der Waals surface area contributed by atoms with Gasteiger partial charge in [0.05, 0.1) is 12.8 Å². The molecular weight excluding hydrogens is 364 g/mol. The number of fused-ring (bicyclic) bond motifs is 1. The van der Waals surface area contributed by atoms with E-state index in [2.05, 4.69) is 49.0 Å². The van der Waals surface area contributed by atoms with Gasteiger partial charge in [0.25, 0.3) is 0 Å². The lowest BCUT2D eigenvalue weighted by atomic mass is 9.95. The number of benzene rings is 2. The van der Waals surface area contributed by atoms with Gasteiger partial charge in [0, 0.05) is 18.5 Å². The van der Waals surface area contributed by atoms with Crippen molar-refractivity contribution in [3.8, 4) is 11.5 Å². The van der Waals surface area contributed by atoms with E-state index in [0.717, 1.165) is 54.4 Å². The summed E-state index contributed by atoms with van der Waals surface area (Å²) < 4.78 is 11.6. The van der Waals surface area contributed by atoms with Gasteiger partial charge in [0.1, 0.15) is 24.2 Å². The number of oxime groups is 1. The van der Waals surface area contributed by atoms with Crippen LogP contribution in [0.3, 0.4) is 0 Å². The highest BCUT2D eigenvalue weighted by atomic mass is 16.6. The predicted octanol–water partition coefficient (Wildman–Crippen LogP) is 4.98. The van der Waals surface area contributed by atoms with Crippen LogP contribution in [-0.2, 0) is 4.84 Å². The third kappa shape index (κ3) is 5.51. The second-order valence-electron chi connectivity index (χ2n) is 7.34. The van der Waals surface area contributed by atoms with E-state index in [1.807, 2.05) is 24.3 Å². The predicted molar refractivity (Wildman–Crippen MR) is 117 cm³/mol. The molecule has 0 N–H and O–H groups in total. The molecule has 0 aliphatic carbocycles. The van der Waals surface area contributed by atoms with Crippen molar-refractivity contribution in [3.63, 3.8) is 0 Å². The van der Waals surface area contributed by atoms with Crippen LogP contribution in [0.5, 0.6) is 11.5 Å². The number of nitrogens with zero attached hydrogens (tertiary/aromatic N) is 2. The Bertz CT molecular complexity index is 813. The highest BCUT2D eigenvalue weighted by molar-refractivity contribution is 6.03. The van der Waals surface area contributed by atoms with Gasteiger partial charge in [-0.25, -0.2) is 0 Å². The first kappa shape index (κ1) is 21.2. The minimum absolute atomic E-state index is 0.0896. The molecule has 1 aliphatic rings. The van der Waals surface area contributed by atoms with Crippen LogP contribution in [0, 0.1) is 6.92 Å². The fourth-order valence-electron chi connectivity index (χ4n) is 3.55. The summed E-state index contributed by atoms with van der Waals surface area (Å²) >= 11 is 0. The zero-order valence-corrected chi connectivity index (χ0v) is 18.0. The summed E-state index contributed by atoms with van der Waals surface area (Å²) in [7, 11) is 1.67. The molecule has 0 amide bonds. The topological polar surface area (TPSA) is 43.3 Å². The molecule has 0 radical (unpaired) electrons. The summed E-state index contributed by atoms with van der Waals surface area (Å²) in [6.45, 7) is 10.2. The van der Waals surface area contributed by atoms with E-state index in [4.69, 9.17) is 14.3 Å². The Kier molecular flexibility index (Phi) is 7.53. The molecule has 3 rings (SSSR count). The van der Waals surface area contributed by atoms with Gasteiger partial charge in [0.2, 0.25) is 0 Å². The molecule has 5 heteroatoms. The minimum Gasteiger partial charge on any atom is -0.497 e. The lowest BCUT2D eigenvalue weighted by Gasteiger charge is -2.27. The van der Waals surface area contributed by atoms with Gasteiger partial charge >= 0.3 is 0 Å². The molecule has 1 heterocycles. The molecule has 0 bridgehead atoms. The van der Waals surface area contributed by atoms with E-state index in [9.17, 15) is 0 Å². The van der Waals surface area contributed by atoms with Crippen LogP contribution in [0.4, 0.5) is 0 Å². The number of hydrogen-bond acceptors (Lipinski definition) is 5.